The van der Waals surface area contributed by atoms with Crippen LogP contribution in [0.15, 0.2) is 113 Å². The van der Waals surface area contributed by atoms with Gasteiger partial charge < -0.3 is 10.2 Å². The Balaban J connectivity index is 1.78. The fraction of sp³-hybridized carbons (Fsp3) is 0.257. The van der Waals surface area contributed by atoms with Gasteiger partial charge in [0.05, 0.1) is 10.6 Å². The Morgan fingerprint density at radius 1 is 0.867 bits per heavy atom. The third-order valence-corrected chi connectivity index (χ3v) is 10.1. The summed E-state index contributed by atoms with van der Waals surface area (Å²) in [7, 11) is -4.16. The van der Waals surface area contributed by atoms with Crippen LogP contribution in [0.25, 0.3) is 0 Å². The Labute approximate surface area is 275 Å². The summed E-state index contributed by atoms with van der Waals surface area (Å²) in [6, 6.07) is 29.2. The molecule has 0 saturated heterocycles. The lowest BCUT2D eigenvalue weighted by molar-refractivity contribution is -0.140. The van der Waals surface area contributed by atoms with Gasteiger partial charge in [-0.25, -0.2) is 8.42 Å². The van der Waals surface area contributed by atoms with E-state index in [4.69, 9.17) is 11.6 Å². The molecule has 7 nitrogen and oxygen atoms in total. The molecule has 0 aromatic heterocycles. The van der Waals surface area contributed by atoms with E-state index in [2.05, 4.69) is 5.32 Å². The normalized spacial score (nSPS) is 11.9. The van der Waals surface area contributed by atoms with Gasteiger partial charge in [-0.15, -0.1) is 11.8 Å². The first-order valence-corrected chi connectivity index (χ1v) is 17.8. The topological polar surface area (TPSA) is 86.8 Å². The van der Waals surface area contributed by atoms with Crippen LogP contribution in [0.4, 0.5) is 5.69 Å². The fourth-order valence-electron chi connectivity index (χ4n) is 4.82. The third kappa shape index (κ3) is 9.12. The molecule has 0 aliphatic rings. The van der Waals surface area contributed by atoms with E-state index < -0.39 is 28.5 Å². The number of anilines is 1. The van der Waals surface area contributed by atoms with Crippen LogP contribution in [-0.2, 0) is 32.6 Å². The van der Waals surface area contributed by atoms with Crippen molar-refractivity contribution in [2.75, 3.05) is 23.7 Å². The zero-order valence-corrected chi connectivity index (χ0v) is 28.0. The lowest BCUT2D eigenvalue weighted by atomic mass is 10.0. The number of benzene rings is 4. The standard InChI is InChI=1S/C35H38ClN3O4S2/c1-4-22-37-35(41)33(23-27-8-6-5-7-9-27)38(24-28-12-14-29(36)15-13-28)34(40)25-39(30-16-10-26(2)11-17-30)45(42,43)32-20-18-31(44-3)19-21-32/h5-21,33H,4,22-25H2,1-3H3,(H,37,41). The zero-order chi connectivity index (χ0) is 32.4. The Kier molecular flexibility index (Phi) is 12.1. The average Bonchev–Trinajstić information content (AvgIpc) is 3.05. The van der Waals surface area contributed by atoms with Crippen LogP contribution in [-0.4, -0.2) is 50.5 Å². The quantitative estimate of drug-likeness (QED) is 0.151. The van der Waals surface area contributed by atoms with Gasteiger partial charge in [0.25, 0.3) is 10.0 Å². The van der Waals surface area contributed by atoms with Gasteiger partial charge in [-0.1, -0.05) is 78.7 Å². The Bertz CT molecular complexity index is 1670. The average molecular weight is 664 g/mol. The molecule has 4 rings (SSSR count). The minimum Gasteiger partial charge on any atom is -0.354 e. The molecule has 0 heterocycles. The van der Waals surface area contributed by atoms with Crippen molar-refractivity contribution >= 4 is 50.9 Å². The van der Waals surface area contributed by atoms with Gasteiger partial charge in [-0.3, -0.25) is 13.9 Å². The second-order valence-electron chi connectivity index (χ2n) is 10.7. The number of sulfonamides is 1. The molecule has 0 saturated carbocycles. The molecule has 45 heavy (non-hydrogen) atoms. The molecular formula is C35H38ClN3O4S2. The molecule has 1 N–H and O–H groups in total. The number of thioether (sulfide) groups is 1. The Hall–Kier alpha value is -3.79. The molecule has 0 aliphatic heterocycles. The number of halogens is 1. The molecule has 0 radical (unpaired) electrons. The van der Waals surface area contributed by atoms with E-state index >= 15 is 0 Å². The molecule has 1 unspecified atom stereocenters. The van der Waals surface area contributed by atoms with Crippen LogP contribution >= 0.6 is 23.4 Å². The number of carbonyl (C=O) groups is 2. The minimum atomic E-state index is -4.16. The van der Waals surface area contributed by atoms with Crippen LogP contribution in [0.2, 0.25) is 5.02 Å². The summed E-state index contributed by atoms with van der Waals surface area (Å²) in [5.74, 6) is -0.817. The zero-order valence-electron chi connectivity index (χ0n) is 25.6. The predicted octanol–water partition coefficient (Wildman–Crippen LogP) is 6.73. The number of nitrogens with zero attached hydrogens (tertiary/aromatic N) is 2. The number of hydrogen-bond acceptors (Lipinski definition) is 5. The second-order valence-corrected chi connectivity index (χ2v) is 13.8. The van der Waals surface area contributed by atoms with Crippen LogP contribution in [0.3, 0.4) is 0 Å². The maximum atomic E-state index is 14.5. The van der Waals surface area contributed by atoms with E-state index in [1.54, 1.807) is 72.8 Å². The van der Waals surface area contributed by atoms with Gasteiger partial charge in [0, 0.05) is 29.4 Å². The summed E-state index contributed by atoms with van der Waals surface area (Å²) in [5, 5.41) is 3.50. The smallest absolute Gasteiger partial charge is 0.264 e. The number of amides is 2. The highest BCUT2D eigenvalue weighted by Gasteiger charge is 2.34. The minimum absolute atomic E-state index is 0.0689. The largest absolute Gasteiger partial charge is 0.354 e. The van der Waals surface area contributed by atoms with Gasteiger partial charge in [0.2, 0.25) is 11.8 Å². The van der Waals surface area contributed by atoms with Crippen molar-refractivity contribution in [3.8, 4) is 0 Å². The number of hydrogen-bond donors (Lipinski definition) is 1. The number of carbonyl (C=O) groups excluding carboxylic acids is 2. The molecule has 0 fully saturated rings. The first-order chi connectivity index (χ1) is 21.6. The molecule has 0 bridgehead atoms. The molecule has 236 valence electrons. The van der Waals surface area contributed by atoms with Gasteiger partial charge in [-0.2, -0.15) is 0 Å². The molecule has 0 spiro atoms. The molecule has 2 amide bonds. The summed E-state index contributed by atoms with van der Waals surface area (Å²) >= 11 is 7.65. The van der Waals surface area contributed by atoms with E-state index in [0.717, 1.165) is 32.3 Å². The second kappa shape index (κ2) is 16.0. The monoisotopic (exact) mass is 663 g/mol. The Morgan fingerprint density at radius 3 is 2.11 bits per heavy atom. The molecule has 0 aliphatic carbocycles. The van der Waals surface area contributed by atoms with Crippen molar-refractivity contribution in [1.82, 2.24) is 10.2 Å². The van der Waals surface area contributed by atoms with Crippen LogP contribution in [0.1, 0.15) is 30.0 Å². The van der Waals surface area contributed by atoms with E-state index in [1.165, 1.54) is 16.7 Å². The third-order valence-electron chi connectivity index (χ3n) is 7.33. The van der Waals surface area contributed by atoms with E-state index in [1.807, 2.05) is 50.4 Å². The van der Waals surface area contributed by atoms with Crippen molar-refractivity contribution in [2.45, 2.75) is 49.1 Å². The maximum Gasteiger partial charge on any atom is 0.264 e. The highest BCUT2D eigenvalue weighted by molar-refractivity contribution is 7.98. The highest BCUT2D eigenvalue weighted by Crippen LogP contribution is 2.27. The first-order valence-electron chi connectivity index (χ1n) is 14.7. The summed E-state index contributed by atoms with van der Waals surface area (Å²) in [6.07, 6.45) is 2.89. The van der Waals surface area contributed by atoms with Gasteiger partial charge in [-0.05, 0) is 79.3 Å². The molecule has 1 atom stereocenters. The van der Waals surface area contributed by atoms with Crippen LogP contribution in [0.5, 0.6) is 0 Å². The van der Waals surface area contributed by atoms with Crippen molar-refractivity contribution < 1.29 is 18.0 Å². The number of rotatable bonds is 14. The fourth-order valence-corrected chi connectivity index (χ4v) is 6.77. The van der Waals surface area contributed by atoms with Gasteiger partial charge in [0.1, 0.15) is 12.6 Å². The molecule has 4 aromatic carbocycles. The van der Waals surface area contributed by atoms with Crippen LogP contribution in [0, 0.1) is 6.92 Å². The molecule has 4 aromatic rings. The SMILES string of the molecule is CCCNC(=O)C(Cc1ccccc1)N(Cc1ccc(Cl)cc1)C(=O)CN(c1ccc(C)cc1)S(=O)(=O)c1ccc(SC)cc1. The summed E-state index contributed by atoms with van der Waals surface area (Å²) in [4.78, 5) is 30.6. The highest BCUT2D eigenvalue weighted by atomic mass is 35.5. The van der Waals surface area contributed by atoms with Crippen molar-refractivity contribution in [3.05, 3.63) is 125 Å². The predicted molar refractivity (Wildman–Crippen MR) is 183 cm³/mol. The lowest BCUT2D eigenvalue weighted by Gasteiger charge is -2.34. The van der Waals surface area contributed by atoms with Crippen molar-refractivity contribution in [2.24, 2.45) is 0 Å². The van der Waals surface area contributed by atoms with E-state index in [0.29, 0.717) is 17.3 Å². The molecular weight excluding hydrogens is 626 g/mol. The summed E-state index contributed by atoms with van der Waals surface area (Å²) in [5.41, 5.74) is 2.93. The molecule has 10 heteroatoms. The van der Waals surface area contributed by atoms with E-state index in [-0.39, 0.29) is 23.8 Å². The first kappa shape index (κ1) is 34.1. The Morgan fingerprint density at radius 2 is 1.51 bits per heavy atom. The van der Waals surface area contributed by atoms with Gasteiger partial charge >= 0.3 is 0 Å². The summed E-state index contributed by atoms with van der Waals surface area (Å²) in [6.45, 7) is 3.89. The van der Waals surface area contributed by atoms with Gasteiger partial charge in [0.15, 0.2) is 0 Å². The number of aryl methyl sites for hydroxylation is 1. The van der Waals surface area contributed by atoms with Crippen LogP contribution < -0.4 is 9.62 Å². The van der Waals surface area contributed by atoms with Crippen molar-refractivity contribution in [1.29, 1.82) is 0 Å². The van der Waals surface area contributed by atoms with Crippen molar-refractivity contribution in [3.63, 3.8) is 0 Å². The van der Waals surface area contributed by atoms with E-state index in [9.17, 15) is 18.0 Å². The summed E-state index contributed by atoms with van der Waals surface area (Å²) < 4.78 is 29.4. The number of nitrogens with one attached hydrogen (secondary N) is 1. The lowest BCUT2D eigenvalue weighted by Crippen LogP contribution is -2.53. The maximum absolute atomic E-state index is 14.5.